The number of alkyl halides is 2. The first-order valence-electron chi connectivity index (χ1n) is 8.70. The molecule has 2 aromatic rings. The molecular formula is C20H12I4Na2O5. The van der Waals surface area contributed by atoms with Crippen molar-refractivity contribution in [3.05, 3.63) is 54.2 Å². The second kappa shape index (κ2) is 11.9. The van der Waals surface area contributed by atoms with Crippen LogP contribution in [-0.4, -0.2) is 25.7 Å². The average Bonchev–Trinajstić information content (AvgIpc) is 2.69. The fourth-order valence-electron chi connectivity index (χ4n) is 4.19. The maximum absolute atomic E-state index is 12.7. The fraction of sp³-hybridized carbons (Fsp3) is 0.300. The molecule has 0 N–H and O–H groups in total. The Labute approximate surface area is 278 Å². The van der Waals surface area contributed by atoms with Crippen LogP contribution in [0, 0.1) is 13.1 Å². The number of rotatable bonds is 2. The Hall–Kier alpha value is 2.10. The fourth-order valence-corrected chi connectivity index (χ4v) is 8.81. The number of hydrogen-bond acceptors (Lipinski definition) is 5. The number of benzene rings is 2. The van der Waals surface area contributed by atoms with Gasteiger partial charge < -0.3 is 19.7 Å². The standard InChI is InChI=1S/C20H14I4O5.2Na/c21-11-5-9-13(7-3-1-2-4-8(7)20(27)28)10-6-12(22)17(26)15(24)19(10)29-18(9)14(23)16(11)25;;/h1-5,10,12-13,15,19,25H,6H2,(H,27,28);;/q;2*+1/p-2. The third-order valence-electron chi connectivity index (χ3n) is 5.46. The number of ketones is 1. The molecule has 1 aliphatic carbocycles. The van der Waals surface area contributed by atoms with Crippen LogP contribution in [0.5, 0.6) is 11.5 Å². The largest absolute Gasteiger partial charge is 1.00 e. The Morgan fingerprint density at radius 3 is 2.39 bits per heavy atom. The van der Waals surface area contributed by atoms with E-state index in [9.17, 15) is 19.8 Å². The summed E-state index contributed by atoms with van der Waals surface area (Å²) < 4.78 is 6.77. The number of carboxylic acid groups (broad SMARTS) is 1. The topological polar surface area (TPSA) is 89.5 Å². The van der Waals surface area contributed by atoms with Gasteiger partial charge in [0.15, 0.2) is 5.78 Å². The maximum atomic E-state index is 12.7. The van der Waals surface area contributed by atoms with Gasteiger partial charge in [-0.3, -0.25) is 4.79 Å². The smallest absolute Gasteiger partial charge is 0.871 e. The zero-order valence-corrected chi connectivity index (χ0v) is 29.2. The Morgan fingerprint density at radius 2 is 1.74 bits per heavy atom. The van der Waals surface area contributed by atoms with Crippen LogP contribution in [0.3, 0.4) is 0 Å². The summed E-state index contributed by atoms with van der Waals surface area (Å²) in [6, 6.07) is 8.62. The van der Waals surface area contributed by atoms with Gasteiger partial charge in [0.25, 0.3) is 0 Å². The molecule has 1 saturated carbocycles. The Kier molecular flexibility index (Phi) is 11.2. The molecule has 0 spiro atoms. The minimum Gasteiger partial charge on any atom is -0.871 e. The van der Waals surface area contributed by atoms with Crippen molar-refractivity contribution < 1.29 is 83.7 Å². The van der Waals surface area contributed by atoms with Gasteiger partial charge in [0.2, 0.25) is 0 Å². The van der Waals surface area contributed by atoms with Crippen molar-refractivity contribution in [3.8, 4) is 11.5 Å². The number of carbonyl (C=O) groups excluding carboxylic acids is 2. The number of fused-ring (bicyclic) bond motifs is 2. The normalized spacial score (nSPS) is 26.5. The monoisotopic (exact) mass is 886 g/mol. The first-order valence-corrected chi connectivity index (χ1v) is 13.3. The van der Waals surface area contributed by atoms with Gasteiger partial charge in [0.1, 0.15) is 15.8 Å². The number of carbonyl (C=O) groups is 2. The molecule has 4 rings (SSSR count). The van der Waals surface area contributed by atoms with E-state index in [1.54, 1.807) is 30.3 Å². The van der Waals surface area contributed by atoms with Crippen molar-refractivity contribution in [3.63, 3.8) is 0 Å². The first-order chi connectivity index (χ1) is 13.7. The third kappa shape index (κ3) is 5.44. The minimum atomic E-state index is -1.24. The summed E-state index contributed by atoms with van der Waals surface area (Å²) >= 11 is 8.28. The van der Waals surface area contributed by atoms with Gasteiger partial charge in [-0.25, -0.2) is 0 Å². The molecule has 0 saturated heterocycles. The Morgan fingerprint density at radius 1 is 1.10 bits per heavy atom. The van der Waals surface area contributed by atoms with Gasteiger partial charge in [-0.2, -0.15) is 0 Å². The molecular weight excluding hydrogens is 874 g/mol. The molecule has 1 heterocycles. The summed E-state index contributed by atoms with van der Waals surface area (Å²) in [6.45, 7) is 0. The summed E-state index contributed by atoms with van der Waals surface area (Å²) in [7, 11) is 0. The zero-order chi connectivity index (χ0) is 21.0. The predicted octanol–water partition coefficient (Wildman–Crippen LogP) is -2.57. The van der Waals surface area contributed by atoms with Crippen LogP contribution in [0.25, 0.3) is 0 Å². The second-order valence-electron chi connectivity index (χ2n) is 7.03. The van der Waals surface area contributed by atoms with Gasteiger partial charge in [-0.1, -0.05) is 75.2 Å². The first kappa shape index (κ1) is 29.3. The molecule has 0 radical (unpaired) electrons. The van der Waals surface area contributed by atoms with E-state index in [1.807, 2.05) is 45.2 Å². The molecule has 11 heteroatoms. The molecule has 1 aliphatic heterocycles. The van der Waals surface area contributed by atoms with Gasteiger partial charge >= 0.3 is 59.1 Å². The second-order valence-corrected chi connectivity index (χ2v) is 12.1. The molecule has 2 aromatic carbocycles. The SMILES string of the molecule is O=C([O-])c1ccccc1C1c2cc(I)c([O-])c(I)c2OC2C(I)C(=O)C(I)CC12.[Na+].[Na+]. The molecule has 5 atom stereocenters. The summed E-state index contributed by atoms with van der Waals surface area (Å²) in [5.41, 5.74) is 1.57. The van der Waals surface area contributed by atoms with E-state index in [0.717, 1.165) is 5.56 Å². The molecule has 31 heavy (non-hydrogen) atoms. The van der Waals surface area contributed by atoms with E-state index in [2.05, 4.69) is 45.2 Å². The summed E-state index contributed by atoms with van der Waals surface area (Å²) in [5, 5.41) is 24.4. The minimum absolute atomic E-state index is 0. The van der Waals surface area contributed by atoms with Gasteiger partial charge in [-0.15, -0.1) is 0 Å². The molecule has 2 aliphatic rings. The summed E-state index contributed by atoms with van der Waals surface area (Å²) in [6.07, 6.45) is 0.163. The third-order valence-corrected chi connectivity index (χ3v) is 9.69. The van der Waals surface area contributed by atoms with Crippen LogP contribution in [0.15, 0.2) is 30.3 Å². The van der Waals surface area contributed by atoms with Crippen molar-refractivity contribution in [2.45, 2.75) is 26.3 Å². The molecule has 152 valence electrons. The number of carboxylic acids is 1. The van der Waals surface area contributed by atoms with Crippen LogP contribution >= 0.6 is 90.4 Å². The van der Waals surface area contributed by atoms with Gasteiger partial charge in [-0.05, 0) is 63.2 Å². The van der Waals surface area contributed by atoms with Crippen LogP contribution in [0.2, 0.25) is 0 Å². The van der Waals surface area contributed by atoms with Crippen LogP contribution in [0.1, 0.15) is 33.8 Å². The number of halogens is 4. The number of ether oxygens (including phenoxy) is 1. The van der Waals surface area contributed by atoms with Crippen molar-refractivity contribution in [1.82, 2.24) is 0 Å². The number of hydrogen-bond donors (Lipinski definition) is 0. The van der Waals surface area contributed by atoms with Crippen molar-refractivity contribution in [2.75, 3.05) is 0 Å². The predicted molar refractivity (Wildman–Crippen MR) is 137 cm³/mol. The number of Topliss-reactive ketones (excluding diaryl/α,β-unsaturated/α-hetero) is 1. The van der Waals surface area contributed by atoms with Crippen molar-refractivity contribution >= 4 is 102 Å². The Balaban J connectivity index is 0.00000171. The summed E-state index contributed by atoms with van der Waals surface area (Å²) in [5.74, 6) is -1.16. The van der Waals surface area contributed by atoms with Gasteiger partial charge in [0, 0.05) is 30.1 Å². The molecule has 0 bridgehead atoms. The Bertz CT molecular complexity index is 1030. The molecule has 0 aromatic heterocycles. The van der Waals surface area contributed by atoms with E-state index in [4.69, 9.17) is 4.74 Å². The van der Waals surface area contributed by atoms with E-state index in [0.29, 0.717) is 24.9 Å². The van der Waals surface area contributed by atoms with E-state index < -0.39 is 12.1 Å². The van der Waals surface area contributed by atoms with Crippen LogP contribution in [0.4, 0.5) is 0 Å². The average molecular weight is 886 g/mol. The zero-order valence-electron chi connectivity index (χ0n) is 16.5. The summed E-state index contributed by atoms with van der Waals surface area (Å²) in [4.78, 5) is 24.5. The quantitative estimate of drug-likeness (QED) is 0.188. The van der Waals surface area contributed by atoms with E-state index >= 15 is 0 Å². The van der Waals surface area contributed by atoms with Crippen molar-refractivity contribution in [2.24, 2.45) is 5.92 Å². The van der Waals surface area contributed by atoms with Crippen LogP contribution < -0.4 is 74.1 Å². The molecule has 1 fully saturated rings. The van der Waals surface area contributed by atoms with E-state index in [1.165, 1.54) is 0 Å². The van der Waals surface area contributed by atoms with Crippen molar-refractivity contribution in [1.29, 1.82) is 0 Å². The molecule has 5 nitrogen and oxygen atoms in total. The van der Waals surface area contributed by atoms with Crippen LogP contribution in [-0.2, 0) is 4.79 Å². The van der Waals surface area contributed by atoms with E-state index in [-0.39, 0.29) is 95.9 Å². The molecule has 0 amide bonds. The number of aromatic carboxylic acids is 1. The van der Waals surface area contributed by atoms with Gasteiger partial charge in [0.05, 0.1) is 9.89 Å². The molecule has 5 unspecified atom stereocenters. The maximum Gasteiger partial charge on any atom is 1.00 e.